The summed E-state index contributed by atoms with van der Waals surface area (Å²) in [5.41, 5.74) is 4.88. The number of hydrogen-bond acceptors (Lipinski definition) is 8. The summed E-state index contributed by atoms with van der Waals surface area (Å²) in [4.78, 5) is 44.5. The Morgan fingerprint density at radius 3 is 2.15 bits per heavy atom. The molecule has 12 nitrogen and oxygen atoms in total. The lowest BCUT2D eigenvalue weighted by Gasteiger charge is -2.33. The molecule has 1 unspecified atom stereocenters. The molecule has 0 radical (unpaired) electrons. The standard InChI is InChI=1S/C41H54N6O6/c1-8-51-39(52-9-2)28(3)37(34-16-12-14-31-13-10-11-15-33(31)34)45-38(49)35(25-29-17-19-32(20-18-29)53-41(4,5)6)44-36(48)27-47(7)46-40(50)43-26-30-21-23-42-24-22-30/h10-24,28,35,37,39H,8-9,25-27H2,1-7H3,(H,44,48)(H,45,49)(H2,43,46,50)/t28-,35?,37-/m0/s1. The first-order valence-electron chi connectivity index (χ1n) is 18.1. The molecule has 53 heavy (non-hydrogen) atoms. The first-order valence-corrected chi connectivity index (χ1v) is 18.1. The van der Waals surface area contributed by atoms with Crippen LogP contribution < -0.4 is 26.1 Å². The zero-order valence-electron chi connectivity index (χ0n) is 31.8. The fraction of sp³-hybridized carbons (Fsp3) is 0.415. The van der Waals surface area contributed by atoms with Crippen LogP contribution in [0.4, 0.5) is 4.79 Å². The summed E-state index contributed by atoms with van der Waals surface area (Å²) in [6.07, 6.45) is 2.90. The van der Waals surface area contributed by atoms with Crippen molar-refractivity contribution in [3.8, 4) is 5.75 Å². The fourth-order valence-electron chi connectivity index (χ4n) is 5.99. The Balaban J connectivity index is 1.57. The summed E-state index contributed by atoms with van der Waals surface area (Å²) in [6.45, 7) is 12.7. The van der Waals surface area contributed by atoms with Crippen LogP contribution in [0.1, 0.15) is 64.3 Å². The molecule has 12 heteroatoms. The Morgan fingerprint density at radius 2 is 1.49 bits per heavy atom. The van der Waals surface area contributed by atoms with Gasteiger partial charge in [0.1, 0.15) is 17.4 Å². The maximum Gasteiger partial charge on any atom is 0.329 e. The molecule has 3 aromatic carbocycles. The van der Waals surface area contributed by atoms with E-state index in [0.29, 0.717) is 25.5 Å². The average Bonchev–Trinajstić information content (AvgIpc) is 3.12. The Hall–Kier alpha value is -5.04. The van der Waals surface area contributed by atoms with Crippen LogP contribution in [0.15, 0.2) is 91.3 Å². The number of ether oxygens (including phenoxy) is 3. The molecule has 0 aliphatic carbocycles. The highest BCUT2D eigenvalue weighted by Gasteiger charge is 2.33. The molecule has 4 amide bonds. The molecule has 3 atom stereocenters. The van der Waals surface area contributed by atoms with Crippen LogP contribution in [0.3, 0.4) is 0 Å². The van der Waals surface area contributed by atoms with E-state index in [1.807, 2.05) is 108 Å². The molecule has 0 aliphatic rings. The van der Waals surface area contributed by atoms with Crippen molar-refractivity contribution < 1.29 is 28.6 Å². The van der Waals surface area contributed by atoms with Gasteiger partial charge in [-0.3, -0.25) is 20.0 Å². The summed E-state index contributed by atoms with van der Waals surface area (Å²) in [6, 6.07) is 23.1. The Labute approximate surface area is 313 Å². The molecule has 0 fully saturated rings. The number of rotatable bonds is 18. The molecule has 0 saturated carbocycles. The number of amides is 4. The van der Waals surface area contributed by atoms with Crippen molar-refractivity contribution in [1.29, 1.82) is 0 Å². The molecule has 4 rings (SSSR count). The summed E-state index contributed by atoms with van der Waals surface area (Å²) in [5, 5.41) is 12.3. The van der Waals surface area contributed by atoms with Gasteiger partial charge in [0, 0.05) is 51.5 Å². The minimum atomic E-state index is -0.965. The highest BCUT2D eigenvalue weighted by Crippen LogP contribution is 2.32. The highest BCUT2D eigenvalue weighted by molar-refractivity contribution is 5.90. The Morgan fingerprint density at radius 1 is 0.830 bits per heavy atom. The van der Waals surface area contributed by atoms with Gasteiger partial charge < -0.3 is 30.2 Å². The lowest BCUT2D eigenvalue weighted by Crippen LogP contribution is -2.54. The SMILES string of the molecule is CCOC(OCC)[C@@H](C)[C@H](NC(=O)C(Cc1ccc(OC(C)(C)C)cc1)NC(=O)CN(C)NC(=O)NCc1ccncc1)c1cccc2ccccc12. The molecule has 0 spiro atoms. The number of urea groups is 1. The van der Waals surface area contributed by atoms with Crippen molar-refractivity contribution in [3.63, 3.8) is 0 Å². The van der Waals surface area contributed by atoms with Gasteiger partial charge in [-0.2, -0.15) is 0 Å². The molecule has 0 bridgehead atoms. The summed E-state index contributed by atoms with van der Waals surface area (Å²) in [5.74, 6) is -0.443. The average molecular weight is 727 g/mol. The van der Waals surface area contributed by atoms with E-state index < -0.39 is 30.3 Å². The molecular weight excluding hydrogens is 672 g/mol. The third kappa shape index (κ3) is 12.8. The van der Waals surface area contributed by atoms with Crippen LogP contribution in [0.2, 0.25) is 0 Å². The van der Waals surface area contributed by atoms with Crippen molar-refractivity contribution in [2.45, 2.75) is 78.5 Å². The largest absolute Gasteiger partial charge is 0.488 e. The second-order valence-electron chi connectivity index (χ2n) is 13.9. The molecule has 1 aromatic heterocycles. The summed E-state index contributed by atoms with van der Waals surface area (Å²) >= 11 is 0. The van der Waals surface area contributed by atoms with E-state index in [4.69, 9.17) is 14.2 Å². The van der Waals surface area contributed by atoms with E-state index in [1.54, 1.807) is 31.6 Å². The number of carbonyl (C=O) groups is 3. The quantitative estimate of drug-likeness (QED) is 0.0759. The monoisotopic (exact) mass is 726 g/mol. The smallest absolute Gasteiger partial charge is 0.329 e. The van der Waals surface area contributed by atoms with Crippen molar-refractivity contribution in [2.24, 2.45) is 5.92 Å². The number of hydrogen-bond donors (Lipinski definition) is 4. The van der Waals surface area contributed by atoms with Crippen LogP contribution in [0, 0.1) is 5.92 Å². The van der Waals surface area contributed by atoms with Crippen LogP contribution in [-0.4, -0.2) is 72.6 Å². The van der Waals surface area contributed by atoms with Gasteiger partial charge in [0.25, 0.3) is 0 Å². The highest BCUT2D eigenvalue weighted by atomic mass is 16.7. The van der Waals surface area contributed by atoms with Gasteiger partial charge in [0.15, 0.2) is 6.29 Å². The number of likely N-dealkylation sites (N-methyl/N-ethyl adjacent to an activating group) is 1. The van der Waals surface area contributed by atoms with E-state index in [1.165, 1.54) is 5.01 Å². The zero-order chi connectivity index (χ0) is 38.4. The van der Waals surface area contributed by atoms with E-state index >= 15 is 0 Å². The minimum Gasteiger partial charge on any atom is -0.488 e. The molecule has 4 aromatic rings. The normalized spacial score (nSPS) is 13.3. The third-order valence-corrected chi connectivity index (χ3v) is 8.39. The number of nitrogens with zero attached hydrogens (tertiary/aromatic N) is 2. The van der Waals surface area contributed by atoms with E-state index in [-0.39, 0.29) is 30.4 Å². The first kappa shape index (κ1) is 40.7. The number of benzene rings is 3. The van der Waals surface area contributed by atoms with E-state index in [2.05, 4.69) is 26.4 Å². The van der Waals surface area contributed by atoms with Crippen LogP contribution in [0.5, 0.6) is 5.75 Å². The van der Waals surface area contributed by atoms with Gasteiger partial charge in [-0.25, -0.2) is 9.80 Å². The number of carbonyl (C=O) groups excluding carboxylic acids is 3. The number of nitrogens with one attached hydrogen (secondary N) is 4. The van der Waals surface area contributed by atoms with Crippen molar-refractivity contribution >= 4 is 28.6 Å². The van der Waals surface area contributed by atoms with Crippen LogP contribution in [-0.2, 0) is 32.0 Å². The van der Waals surface area contributed by atoms with E-state index in [9.17, 15) is 14.4 Å². The number of fused-ring (bicyclic) bond motifs is 1. The zero-order valence-corrected chi connectivity index (χ0v) is 31.8. The van der Waals surface area contributed by atoms with Crippen LogP contribution in [0.25, 0.3) is 10.8 Å². The van der Waals surface area contributed by atoms with E-state index in [0.717, 1.165) is 27.5 Å². The van der Waals surface area contributed by atoms with Gasteiger partial charge in [0.2, 0.25) is 11.8 Å². The topological polar surface area (TPSA) is 143 Å². The molecule has 0 aliphatic heterocycles. The van der Waals surface area contributed by atoms with Crippen molar-refractivity contribution in [1.82, 2.24) is 31.4 Å². The predicted octanol–water partition coefficient (Wildman–Crippen LogP) is 5.68. The number of hydrazine groups is 1. The summed E-state index contributed by atoms with van der Waals surface area (Å²) < 4.78 is 18.0. The Kier molecular flexibility index (Phi) is 15.1. The lowest BCUT2D eigenvalue weighted by molar-refractivity contribution is -0.170. The molecule has 4 N–H and O–H groups in total. The van der Waals surface area contributed by atoms with Gasteiger partial charge in [-0.05, 0) is 86.3 Å². The van der Waals surface area contributed by atoms with Crippen LogP contribution >= 0.6 is 0 Å². The van der Waals surface area contributed by atoms with Crippen molar-refractivity contribution in [3.05, 3.63) is 108 Å². The third-order valence-electron chi connectivity index (χ3n) is 8.39. The number of pyridine rings is 1. The van der Waals surface area contributed by atoms with Gasteiger partial charge in [-0.1, -0.05) is 61.5 Å². The second-order valence-corrected chi connectivity index (χ2v) is 13.9. The maximum absolute atomic E-state index is 14.5. The second kappa shape index (κ2) is 19.7. The molecular formula is C41H54N6O6. The number of aromatic nitrogens is 1. The fourth-order valence-corrected chi connectivity index (χ4v) is 5.99. The molecule has 0 saturated heterocycles. The predicted molar refractivity (Wildman–Crippen MR) is 206 cm³/mol. The van der Waals surface area contributed by atoms with Gasteiger partial charge in [0.05, 0.1) is 12.6 Å². The van der Waals surface area contributed by atoms with Crippen molar-refractivity contribution in [2.75, 3.05) is 26.8 Å². The summed E-state index contributed by atoms with van der Waals surface area (Å²) in [7, 11) is 1.58. The molecule has 284 valence electrons. The molecule has 1 heterocycles. The Bertz CT molecular complexity index is 1750. The lowest BCUT2D eigenvalue weighted by atomic mass is 9.89. The van der Waals surface area contributed by atoms with Gasteiger partial charge in [-0.15, -0.1) is 0 Å². The minimum absolute atomic E-state index is 0.202. The van der Waals surface area contributed by atoms with Gasteiger partial charge >= 0.3 is 6.03 Å². The maximum atomic E-state index is 14.5. The first-order chi connectivity index (χ1) is 25.4.